The van der Waals surface area contributed by atoms with E-state index >= 15 is 0 Å². The van der Waals surface area contributed by atoms with Gasteiger partial charge in [0, 0.05) is 5.92 Å². The lowest BCUT2D eigenvalue weighted by Crippen LogP contribution is -2.45. The molecule has 0 spiro atoms. The van der Waals surface area contributed by atoms with Crippen LogP contribution in [0.1, 0.15) is 51.5 Å². The number of para-hydroxylation sites is 1. The van der Waals surface area contributed by atoms with Crippen LogP contribution in [0.3, 0.4) is 0 Å². The van der Waals surface area contributed by atoms with Gasteiger partial charge < -0.3 is 4.74 Å². The summed E-state index contributed by atoms with van der Waals surface area (Å²) < 4.78 is 5.68. The summed E-state index contributed by atoms with van der Waals surface area (Å²) in [6.45, 7) is 5.81. The molecule has 1 aromatic rings. The van der Waals surface area contributed by atoms with Crippen molar-refractivity contribution in [1.82, 2.24) is 0 Å². The van der Waals surface area contributed by atoms with E-state index in [9.17, 15) is 4.79 Å². The van der Waals surface area contributed by atoms with Crippen molar-refractivity contribution in [1.29, 1.82) is 0 Å². The van der Waals surface area contributed by atoms with Gasteiger partial charge in [-0.1, -0.05) is 18.2 Å². The Morgan fingerprint density at radius 3 is 2.67 bits per heavy atom. The number of amides is 1. The van der Waals surface area contributed by atoms with Crippen LogP contribution in [-0.4, -0.2) is 17.7 Å². The molecule has 0 N–H and O–H groups in total. The van der Waals surface area contributed by atoms with E-state index in [1.54, 1.807) is 0 Å². The Bertz CT molecular complexity index is 589. The molecule has 3 heteroatoms. The van der Waals surface area contributed by atoms with Gasteiger partial charge in [0.25, 0.3) is 0 Å². The number of carbonyl (C=O) groups excluding carboxylic acids is 1. The minimum absolute atomic E-state index is 0.171. The van der Waals surface area contributed by atoms with Gasteiger partial charge in [-0.3, -0.25) is 4.90 Å². The third kappa shape index (κ3) is 1.90. The van der Waals surface area contributed by atoms with Gasteiger partial charge in [0.1, 0.15) is 5.60 Å². The fourth-order valence-corrected chi connectivity index (χ4v) is 4.75. The lowest BCUT2D eigenvalue weighted by Gasteiger charge is -2.33. The molecule has 2 bridgehead atoms. The Hall–Kier alpha value is -1.51. The largest absolute Gasteiger partial charge is 0.443 e. The van der Waals surface area contributed by atoms with E-state index in [-0.39, 0.29) is 6.09 Å². The van der Waals surface area contributed by atoms with Crippen LogP contribution in [-0.2, 0) is 4.74 Å². The quantitative estimate of drug-likeness (QED) is 0.710. The molecule has 0 radical (unpaired) electrons. The average molecular weight is 285 g/mol. The van der Waals surface area contributed by atoms with E-state index in [2.05, 4.69) is 18.2 Å². The molecule has 3 aliphatic rings. The molecule has 1 amide bonds. The molecule has 2 aliphatic carbocycles. The van der Waals surface area contributed by atoms with Crippen molar-refractivity contribution in [2.24, 2.45) is 11.8 Å². The first-order valence-electron chi connectivity index (χ1n) is 8.07. The van der Waals surface area contributed by atoms with Gasteiger partial charge in [-0.25, -0.2) is 4.79 Å². The maximum absolute atomic E-state index is 12.7. The normalized spacial score (nSPS) is 33.0. The van der Waals surface area contributed by atoms with Crippen LogP contribution in [0.4, 0.5) is 10.5 Å². The van der Waals surface area contributed by atoms with Gasteiger partial charge in [-0.05, 0) is 63.5 Å². The molecule has 3 nitrogen and oxygen atoms in total. The molecule has 2 fully saturated rings. The number of fused-ring (bicyclic) bond motifs is 7. The molecule has 21 heavy (non-hydrogen) atoms. The van der Waals surface area contributed by atoms with Crippen molar-refractivity contribution in [3.63, 3.8) is 0 Å². The molecule has 4 unspecified atom stereocenters. The van der Waals surface area contributed by atoms with Crippen LogP contribution in [0.25, 0.3) is 0 Å². The Labute approximate surface area is 126 Å². The van der Waals surface area contributed by atoms with Gasteiger partial charge in [0.2, 0.25) is 0 Å². The maximum atomic E-state index is 12.7. The molecule has 4 rings (SSSR count). The molecule has 4 atom stereocenters. The van der Waals surface area contributed by atoms with E-state index in [0.29, 0.717) is 17.9 Å². The number of hydrogen-bond donors (Lipinski definition) is 0. The summed E-state index contributed by atoms with van der Waals surface area (Å²) >= 11 is 0. The highest BCUT2D eigenvalue weighted by molar-refractivity contribution is 5.92. The number of ether oxygens (including phenoxy) is 1. The van der Waals surface area contributed by atoms with Crippen molar-refractivity contribution in [2.75, 3.05) is 4.90 Å². The van der Waals surface area contributed by atoms with E-state index < -0.39 is 5.60 Å². The van der Waals surface area contributed by atoms with E-state index in [0.717, 1.165) is 11.6 Å². The molecule has 112 valence electrons. The van der Waals surface area contributed by atoms with Crippen molar-refractivity contribution in [2.45, 2.75) is 57.6 Å². The molecule has 0 aromatic heterocycles. The van der Waals surface area contributed by atoms with Gasteiger partial charge in [-0.2, -0.15) is 0 Å². The number of nitrogens with zero attached hydrogens (tertiary/aromatic N) is 1. The molecular formula is C18H23NO2. The van der Waals surface area contributed by atoms with Gasteiger partial charge in [0.15, 0.2) is 0 Å². The second-order valence-electron chi connectivity index (χ2n) is 7.76. The smallest absolute Gasteiger partial charge is 0.415 e. The van der Waals surface area contributed by atoms with Crippen LogP contribution in [0.5, 0.6) is 0 Å². The molecule has 1 aliphatic heterocycles. The highest BCUT2D eigenvalue weighted by Gasteiger charge is 2.57. The lowest BCUT2D eigenvalue weighted by atomic mass is 9.82. The van der Waals surface area contributed by atoms with Crippen molar-refractivity contribution in [3.8, 4) is 0 Å². The predicted molar refractivity (Wildman–Crippen MR) is 82.5 cm³/mol. The van der Waals surface area contributed by atoms with Crippen LogP contribution < -0.4 is 4.90 Å². The highest BCUT2D eigenvalue weighted by Crippen LogP contribution is 2.60. The second kappa shape index (κ2) is 4.25. The van der Waals surface area contributed by atoms with Crippen LogP contribution in [0.15, 0.2) is 24.3 Å². The SMILES string of the molecule is CC(C)(C)OC(=O)N1c2ccccc2C2C3CCC(C3)C21. The molecule has 0 saturated heterocycles. The Morgan fingerprint density at radius 2 is 1.90 bits per heavy atom. The number of rotatable bonds is 0. The molecule has 1 heterocycles. The summed E-state index contributed by atoms with van der Waals surface area (Å²) in [5.41, 5.74) is 2.00. The summed E-state index contributed by atoms with van der Waals surface area (Å²) in [7, 11) is 0. The summed E-state index contributed by atoms with van der Waals surface area (Å²) in [5, 5.41) is 0. The predicted octanol–water partition coefficient (Wildman–Crippen LogP) is 4.32. The summed E-state index contributed by atoms with van der Waals surface area (Å²) in [6, 6.07) is 8.74. The maximum Gasteiger partial charge on any atom is 0.415 e. The van der Waals surface area contributed by atoms with Crippen molar-refractivity contribution in [3.05, 3.63) is 29.8 Å². The summed E-state index contributed by atoms with van der Waals surface area (Å²) in [5.74, 6) is 1.95. The Kier molecular flexibility index (Phi) is 2.66. The third-order valence-electron chi connectivity index (χ3n) is 5.32. The zero-order chi connectivity index (χ0) is 14.8. The van der Waals surface area contributed by atoms with Crippen LogP contribution >= 0.6 is 0 Å². The standard InChI is InChI=1S/C18H23NO2/c1-18(2,3)21-17(20)19-14-7-5-4-6-13(14)15-11-8-9-12(10-11)16(15)19/h4-7,11-12,15-16H,8-10H2,1-3H3. The average Bonchev–Trinajstić information content (AvgIpc) is 3.06. The minimum atomic E-state index is -0.443. The van der Waals surface area contributed by atoms with Crippen molar-refractivity contribution < 1.29 is 9.53 Å². The Balaban J connectivity index is 1.74. The first-order chi connectivity index (χ1) is 9.96. The first-order valence-corrected chi connectivity index (χ1v) is 8.07. The van der Waals surface area contributed by atoms with Gasteiger partial charge >= 0.3 is 6.09 Å². The van der Waals surface area contributed by atoms with E-state index in [1.807, 2.05) is 31.7 Å². The lowest BCUT2D eigenvalue weighted by molar-refractivity contribution is 0.0557. The number of anilines is 1. The summed E-state index contributed by atoms with van der Waals surface area (Å²) in [4.78, 5) is 14.7. The van der Waals surface area contributed by atoms with Crippen LogP contribution in [0.2, 0.25) is 0 Å². The molecular weight excluding hydrogens is 262 g/mol. The fraction of sp³-hybridized carbons (Fsp3) is 0.611. The van der Waals surface area contributed by atoms with E-state index in [1.165, 1.54) is 24.8 Å². The fourth-order valence-electron chi connectivity index (χ4n) is 4.75. The highest BCUT2D eigenvalue weighted by atomic mass is 16.6. The van der Waals surface area contributed by atoms with Crippen molar-refractivity contribution >= 4 is 11.8 Å². The first kappa shape index (κ1) is 13.2. The monoisotopic (exact) mass is 285 g/mol. The third-order valence-corrected chi connectivity index (χ3v) is 5.32. The topological polar surface area (TPSA) is 29.5 Å². The zero-order valence-electron chi connectivity index (χ0n) is 13.0. The zero-order valence-corrected chi connectivity index (χ0v) is 13.0. The van der Waals surface area contributed by atoms with Gasteiger partial charge in [-0.15, -0.1) is 0 Å². The van der Waals surface area contributed by atoms with E-state index in [4.69, 9.17) is 4.74 Å². The molecule has 1 aromatic carbocycles. The second-order valence-corrected chi connectivity index (χ2v) is 7.76. The van der Waals surface area contributed by atoms with Crippen LogP contribution in [0, 0.1) is 11.8 Å². The minimum Gasteiger partial charge on any atom is -0.443 e. The summed E-state index contributed by atoms with van der Waals surface area (Å²) in [6.07, 6.45) is 3.69. The number of benzene rings is 1. The Morgan fingerprint density at radius 1 is 1.19 bits per heavy atom. The molecule has 2 saturated carbocycles. The number of hydrogen-bond acceptors (Lipinski definition) is 2. The van der Waals surface area contributed by atoms with Gasteiger partial charge in [0.05, 0.1) is 11.7 Å². The number of carbonyl (C=O) groups is 1.